The first kappa shape index (κ1) is 15.6. The minimum Gasteiger partial charge on any atom is -0.463 e. The number of quaternary nitrogens is 1. The minimum atomic E-state index is 0.161. The molecule has 0 bridgehead atoms. The molecule has 1 aliphatic heterocycles. The molecule has 0 aromatic carbocycles. The van der Waals surface area contributed by atoms with Gasteiger partial charge in [-0.25, -0.2) is 4.98 Å². The van der Waals surface area contributed by atoms with E-state index in [1.54, 1.807) is 6.26 Å². The van der Waals surface area contributed by atoms with E-state index in [1.807, 2.05) is 40.7 Å². The van der Waals surface area contributed by atoms with Crippen molar-refractivity contribution in [2.24, 2.45) is 0 Å². The molecule has 1 saturated heterocycles. The van der Waals surface area contributed by atoms with E-state index >= 15 is 0 Å². The minimum absolute atomic E-state index is 0.161. The highest BCUT2D eigenvalue weighted by molar-refractivity contribution is 5.77. The molecule has 1 fully saturated rings. The van der Waals surface area contributed by atoms with Crippen LogP contribution in [0.1, 0.15) is 18.7 Å². The van der Waals surface area contributed by atoms with Gasteiger partial charge in [0.2, 0.25) is 0 Å². The highest BCUT2D eigenvalue weighted by Gasteiger charge is 2.27. The molecule has 122 valence electrons. The van der Waals surface area contributed by atoms with Crippen molar-refractivity contribution in [2.45, 2.75) is 13.0 Å². The van der Waals surface area contributed by atoms with E-state index in [0.717, 1.165) is 37.8 Å². The molecule has 23 heavy (non-hydrogen) atoms. The van der Waals surface area contributed by atoms with Gasteiger partial charge in [0.25, 0.3) is 11.7 Å². The number of nitrogens with one attached hydrogen (secondary N) is 1. The number of aromatic nitrogens is 1. The average molecular weight is 316 g/mol. The number of hydrogen-bond donors (Lipinski definition) is 1. The Balaban J connectivity index is 1.45. The molecule has 6 nitrogen and oxygen atoms in total. The molecule has 0 unspecified atom stereocenters. The third-order valence-electron chi connectivity index (χ3n) is 4.30. The Morgan fingerprint density at radius 1 is 1.26 bits per heavy atom. The van der Waals surface area contributed by atoms with Crippen molar-refractivity contribution < 1.29 is 19.5 Å². The van der Waals surface area contributed by atoms with E-state index in [-0.39, 0.29) is 11.9 Å². The zero-order chi connectivity index (χ0) is 16.1. The van der Waals surface area contributed by atoms with Gasteiger partial charge in [0.1, 0.15) is 19.1 Å². The number of rotatable bonds is 5. The number of nitrogens with zero attached hydrogens (tertiary/aromatic N) is 2. The van der Waals surface area contributed by atoms with Crippen molar-refractivity contribution in [3.63, 3.8) is 0 Å². The maximum atomic E-state index is 12.4. The van der Waals surface area contributed by atoms with Crippen LogP contribution in [0.15, 0.2) is 47.2 Å². The van der Waals surface area contributed by atoms with Crippen LogP contribution in [-0.2, 0) is 4.79 Å². The monoisotopic (exact) mass is 316 g/mol. The number of carbonyl (C=O) groups is 1. The van der Waals surface area contributed by atoms with Crippen LogP contribution in [0.25, 0.3) is 0 Å². The molecule has 2 aromatic rings. The first-order chi connectivity index (χ1) is 11.2. The van der Waals surface area contributed by atoms with E-state index in [4.69, 9.17) is 4.42 Å². The summed E-state index contributed by atoms with van der Waals surface area (Å²) in [4.78, 5) is 19.8. The number of piperazine rings is 1. The van der Waals surface area contributed by atoms with Crippen molar-refractivity contribution in [3.8, 4) is 0 Å². The number of nitrogens with two attached hydrogens (primary N) is 1. The van der Waals surface area contributed by atoms with Crippen LogP contribution in [-0.4, -0.2) is 43.5 Å². The summed E-state index contributed by atoms with van der Waals surface area (Å²) in [6.07, 6.45) is 3.60. The van der Waals surface area contributed by atoms with Gasteiger partial charge < -0.3 is 14.6 Å². The third-order valence-corrected chi connectivity index (χ3v) is 4.30. The summed E-state index contributed by atoms with van der Waals surface area (Å²) in [7, 11) is 0. The molecule has 1 amide bonds. The zero-order valence-corrected chi connectivity index (χ0v) is 13.4. The quantitative estimate of drug-likeness (QED) is 0.849. The Morgan fingerprint density at radius 3 is 2.74 bits per heavy atom. The standard InChI is InChI=1S/C17H22N4O2/c1-14(15-5-4-12-23-15)19-13-17(22)21-10-8-20(9-11-21)16-6-2-3-7-18-16/h2-7,12,14,19H,8-11,13H2,1H3/p+2/t14-/m0/s1. The van der Waals surface area contributed by atoms with Gasteiger partial charge in [0, 0.05) is 6.07 Å². The number of furan rings is 1. The van der Waals surface area contributed by atoms with E-state index in [2.05, 4.69) is 22.9 Å². The molecule has 0 spiro atoms. The maximum Gasteiger partial charge on any atom is 0.277 e. The van der Waals surface area contributed by atoms with Gasteiger partial charge in [0.05, 0.1) is 25.5 Å². The molecular weight excluding hydrogens is 292 g/mol. The zero-order valence-electron chi connectivity index (χ0n) is 13.4. The largest absolute Gasteiger partial charge is 0.463 e. The molecule has 1 atom stereocenters. The molecule has 6 heteroatoms. The van der Waals surface area contributed by atoms with Gasteiger partial charge in [-0.1, -0.05) is 6.07 Å². The molecule has 0 saturated carbocycles. The maximum absolute atomic E-state index is 12.4. The van der Waals surface area contributed by atoms with Crippen molar-refractivity contribution in [3.05, 3.63) is 48.6 Å². The fourth-order valence-corrected chi connectivity index (χ4v) is 2.85. The van der Waals surface area contributed by atoms with Crippen molar-refractivity contribution in [2.75, 3.05) is 37.6 Å². The fraction of sp³-hybridized carbons (Fsp3) is 0.412. The molecule has 1 aliphatic rings. The summed E-state index contributed by atoms with van der Waals surface area (Å²) in [6.45, 7) is 5.77. The lowest BCUT2D eigenvalue weighted by Crippen LogP contribution is -2.87. The highest BCUT2D eigenvalue weighted by atomic mass is 16.3. The van der Waals surface area contributed by atoms with E-state index in [1.165, 1.54) is 0 Å². The predicted molar refractivity (Wildman–Crippen MR) is 85.7 cm³/mol. The first-order valence-electron chi connectivity index (χ1n) is 8.10. The van der Waals surface area contributed by atoms with Gasteiger partial charge in [-0.15, -0.1) is 0 Å². The molecule has 3 rings (SSSR count). The number of hydrogen-bond acceptors (Lipinski definition) is 3. The topological polar surface area (TPSA) is 67.4 Å². The summed E-state index contributed by atoms with van der Waals surface area (Å²) in [5.74, 6) is 2.21. The average Bonchev–Trinajstić information content (AvgIpc) is 3.15. The van der Waals surface area contributed by atoms with E-state index in [9.17, 15) is 4.79 Å². The fourth-order valence-electron chi connectivity index (χ4n) is 2.85. The SMILES string of the molecule is C[C@H]([NH2+]CC(=O)N1CCN(c2cccc[nH+]2)CC1)c1ccco1. The smallest absolute Gasteiger partial charge is 0.277 e. The number of anilines is 1. The second-order valence-corrected chi connectivity index (χ2v) is 5.86. The number of carbonyl (C=O) groups excluding carboxylic acids is 1. The van der Waals surface area contributed by atoms with E-state index in [0.29, 0.717) is 6.54 Å². The molecule has 0 aliphatic carbocycles. The Hall–Kier alpha value is -2.34. The van der Waals surface area contributed by atoms with Crippen molar-refractivity contribution in [1.29, 1.82) is 0 Å². The van der Waals surface area contributed by atoms with Gasteiger partial charge >= 0.3 is 0 Å². The Labute approximate surface area is 136 Å². The Bertz CT molecular complexity index is 607. The predicted octanol–water partition coefficient (Wildman–Crippen LogP) is 0.0669. The van der Waals surface area contributed by atoms with Gasteiger partial charge in [-0.2, -0.15) is 0 Å². The van der Waals surface area contributed by atoms with Crippen LogP contribution in [0.2, 0.25) is 0 Å². The van der Waals surface area contributed by atoms with Crippen LogP contribution >= 0.6 is 0 Å². The lowest BCUT2D eigenvalue weighted by atomic mass is 10.2. The van der Waals surface area contributed by atoms with Crippen LogP contribution in [0.3, 0.4) is 0 Å². The number of aromatic amines is 1. The van der Waals surface area contributed by atoms with Crippen LogP contribution < -0.4 is 15.2 Å². The highest BCUT2D eigenvalue weighted by Crippen LogP contribution is 2.10. The van der Waals surface area contributed by atoms with Gasteiger partial charge in [-0.05, 0) is 25.1 Å². The van der Waals surface area contributed by atoms with Crippen molar-refractivity contribution >= 4 is 11.7 Å². The summed E-state index contributed by atoms with van der Waals surface area (Å²) in [5.41, 5.74) is 0. The lowest BCUT2D eigenvalue weighted by Gasteiger charge is -2.30. The number of H-pyrrole nitrogens is 1. The molecule has 3 N–H and O–H groups in total. The van der Waals surface area contributed by atoms with Crippen molar-refractivity contribution in [1.82, 2.24) is 4.90 Å². The number of pyridine rings is 1. The van der Waals surface area contributed by atoms with Crippen LogP contribution in [0.4, 0.5) is 5.82 Å². The summed E-state index contributed by atoms with van der Waals surface area (Å²) in [6, 6.07) is 10.0. The molecule has 0 radical (unpaired) electrons. The van der Waals surface area contributed by atoms with E-state index < -0.39 is 0 Å². The second kappa shape index (κ2) is 7.28. The number of amides is 1. The molecule has 3 heterocycles. The summed E-state index contributed by atoms with van der Waals surface area (Å²) >= 11 is 0. The second-order valence-electron chi connectivity index (χ2n) is 5.86. The van der Waals surface area contributed by atoms with Crippen LogP contribution in [0.5, 0.6) is 0 Å². The van der Waals surface area contributed by atoms with Gasteiger partial charge in [0.15, 0.2) is 12.3 Å². The molecule has 2 aromatic heterocycles. The normalized spacial score (nSPS) is 16.4. The first-order valence-corrected chi connectivity index (χ1v) is 8.10. The van der Waals surface area contributed by atoms with Crippen LogP contribution in [0, 0.1) is 0 Å². The summed E-state index contributed by atoms with van der Waals surface area (Å²) < 4.78 is 5.37. The van der Waals surface area contributed by atoms with Gasteiger partial charge in [-0.3, -0.25) is 9.69 Å². The lowest BCUT2D eigenvalue weighted by molar-refractivity contribution is -0.685. The Morgan fingerprint density at radius 2 is 2.09 bits per heavy atom. The molecular formula is C17H24N4O2+2. The Kier molecular flexibility index (Phi) is 4.92. The summed E-state index contributed by atoms with van der Waals surface area (Å²) in [5, 5.41) is 2.03. The third kappa shape index (κ3) is 3.90.